The molecule has 1 fully saturated rings. The number of unbranched alkanes of at least 4 members (excludes halogenated alkanes) is 1. The third kappa shape index (κ3) is 11.5. The molecule has 27 heavy (non-hydrogen) atoms. The monoisotopic (exact) mass is 388 g/mol. The highest BCUT2D eigenvalue weighted by Crippen LogP contribution is 2.07. The molecular formula is C19H40N4O4. The zero-order chi connectivity index (χ0) is 20.1. The van der Waals surface area contributed by atoms with Gasteiger partial charge in [0.15, 0.2) is 0 Å². The molecule has 0 aliphatic carbocycles. The van der Waals surface area contributed by atoms with Crippen LogP contribution in [0.4, 0.5) is 4.79 Å². The molecule has 8 nitrogen and oxygen atoms in total. The lowest BCUT2D eigenvalue weighted by Crippen LogP contribution is -2.44. The Hall–Kier alpha value is -0.930. The Balaban J connectivity index is 2.26. The molecule has 1 aliphatic rings. The number of alkyl carbamates (subject to hydrolysis) is 1. The van der Waals surface area contributed by atoms with Gasteiger partial charge in [0.25, 0.3) is 0 Å². The number of hydrogen-bond acceptors (Lipinski definition) is 7. The van der Waals surface area contributed by atoms with Gasteiger partial charge in [-0.05, 0) is 53.1 Å². The van der Waals surface area contributed by atoms with Gasteiger partial charge in [-0.25, -0.2) is 4.79 Å². The molecule has 0 unspecified atom stereocenters. The number of amides is 1. The second kappa shape index (κ2) is 13.3. The van der Waals surface area contributed by atoms with E-state index in [0.717, 1.165) is 65.1 Å². The van der Waals surface area contributed by atoms with Crippen molar-refractivity contribution in [1.29, 1.82) is 0 Å². The Bertz CT molecular complexity index is 394. The molecule has 8 heteroatoms. The van der Waals surface area contributed by atoms with Crippen LogP contribution >= 0.6 is 0 Å². The van der Waals surface area contributed by atoms with Crippen LogP contribution in [0.15, 0.2) is 0 Å². The van der Waals surface area contributed by atoms with Gasteiger partial charge in [-0.15, -0.1) is 0 Å². The molecule has 4 N–H and O–H groups in total. The van der Waals surface area contributed by atoms with Gasteiger partial charge in [0.1, 0.15) is 5.60 Å². The van der Waals surface area contributed by atoms with Crippen molar-refractivity contribution >= 4 is 6.09 Å². The average Bonchev–Trinajstić information content (AvgIpc) is 2.62. The number of aliphatic hydroxyl groups excluding tert-OH is 2. The van der Waals surface area contributed by atoms with Gasteiger partial charge in [-0.3, -0.25) is 4.90 Å². The second-order valence-electron chi connectivity index (χ2n) is 8.14. The second-order valence-corrected chi connectivity index (χ2v) is 8.14. The third-order valence-corrected chi connectivity index (χ3v) is 4.61. The minimum atomic E-state index is -0.501. The van der Waals surface area contributed by atoms with Gasteiger partial charge in [-0.1, -0.05) is 0 Å². The first-order valence-electron chi connectivity index (χ1n) is 10.2. The molecule has 1 aliphatic heterocycles. The van der Waals surface area contributed by atoms with Crippen molar-refractivity contribution < 1.29 is 19.7 Å². The van der Waals surface area contributed by atoms with Crippen LogP contribution in [0.5, 0.6) is 0 Å². The number of nitrogens with one attached hydrogen (secondary N) is 2. The van der Waals surface area contributed by atoms with Gasteiger partial charge in [0.2, 0.25) is 0 Å². The van der Waals surface area contributed by atoms with Crippen molar-refractivity contribution in [2.75, 3.05) is 65.6 Å². The number of piperazine rings is 1. The Morgan fingerprint density at radius 3 is 2.37 bits per heavy atom. The molecule has 0 atom stereocenters. The van der Waals surface area contributed by atoms with E-state index < -0.39 is 11.7 Å². The van der Waals surface area contributed by atoms with E-state index in [1.54, 1.807) is 0 Å². The van der Waals surface area contributed by atoms with Crippen LogP contribution < -0.4 is 10.6 Å². The minimum absolute atomic E-state index is 0.0617. The number of carbonyl (C=O) groups excluding carboxylic acids is 1. The highest BCUT2D eigenvalue weighted by molar-refractivity contribution is 5.67. The molecule has 0 spiro atoms. The Kier molecular flexibility index (Phi) is 11.9. The maximum atomic E-state index is 11.7. The van der Waals surface area contributed by atoms with Crippen LogP contribution in [0, 0.1) is 0 Å². The lowest BCUT2D eigenvalue weighted by molar-refractivity contribution is 0.0512. The fraction of sp³-hybridized carbons (Fsp3) is 0.947. The average molecular weight is 389 g/mol. The summed E-state index contributed by atoms with van der Waals surface area (Å²) in [6, 6.07) is -0.245. The topological polar surface area (TPSA) is 97.3 Å². The fourth-order valence-corrected chi connectivity index (χ4v) is 3.14. The van der Waals surface area contributed by atoms with E-state index in [1.807, 2.05) is 20.8 Å². The zero-order valence-corrected chi connectivity index (χ0v) is 17.4. The number of carbonyl (C=O) groups is 1. The van der Waals surface area contributed by atoms with Gasteiger partial charge in [-0.2, -0.15) is 0 Å². The van der Waals surface area contributed by atoms with E-state index in [1.165, 1.54) is 0 Å². The molecule has 1 saturated heterocycles. The first-order chi connectivity index (χ1) is 12.9. The first-order valence-corrected chi connectivity index (χ1v) is 10.2. The number of aliphatic hydroxyl groups is 2. The summed E-state index contributed by atoms with van der Waals surface area (Å²) >= 11 is 0. The number of ether oxygens (including phenoxy) is 1. The van der Waals surface area contributed by atoms with Gasteiger partial charge >= 0.3 is 6.09 Å². The molecule has 0 saturated carbocycles. The van der Waals surface area contributed by atoms with Crippen molar-refractivity contribution in [1.82, 2.24) is 20.4 Å². The van der Waals surface area contributed by atoms with E-state index in [4.69, 9.17) is 4.74 Å². The van der Waals surface area contributed by atoms with Crippen LogP contribution in [-0.4, -0.2) is 103 Å². The molecule has 0 aromatic carbocycles. The van der Waals surface area contributed by atoms with E-state index in [2.05, 4.69) is 20.4 Å². The van der Waals surface area contributed by atoms with Crippen LogP contribution in [0.1, 0.15) is 40.0 Å². The lowest BCUT2D eigenvalue weighted by Gasteiger charge is -2.30. The molecule has 0 aromatic heterocycles. The number of rotatable bonds is 12. The first kappa shape index (κ1) is 24.1. The molecule has 1 rings (SSSR count). The molecule has 0 radical (unpaired) electrons. The Morgan fingerprint density at radius 1 is 1.15 bits per heavy atom. The van der Waals surface area contributed by atoms with E-state index >= 15 is 0 Å². The van der Waals surface area contributed by atoms with Crippen molar-refractivity contribution in [2.24, 2.45) is 0 Å². The normalized spacial score (nSPS) is 16.1. The Morgan fingerprint density at radius 2 is 1.78 bits per heavy atom. The van der Waals surface area contributed by atoms with Crippen LogP contribution in [0.25, 0.3) is 0 Å². The maximum Gasteiger partial charge on any atom is 0.407 e. The summed E-state index contributed by atoms with van der Waals surface area (Å²) in [4.78, 5) is 16.3. The number of nitrogens with zero attached hydrogens (tertiary/aromatic N) is 2. The van der Waals surface area contributed by atoms with Crippen LogP contribution in [0.3, 0.4) is 0 Å². The number of hydrogen-bond donors (Lipinski definition) is 4. The Labute approximate surface area is 164 Å². The van der Waals surface area contributed by atoms with E-state index in [9.17, 15) is 15.0 Å². The van der Waals surface area contributed by atoms with E-state index in [0.29, 0.717) is 6.54 Å². The van der Waals surface area contributed by atoms with Crippen molar-refractivity contribution in [3.05, 3.63) is 0 Å². The van der Waals surface area contributed by atoms with Crippen molar-refractivity contribution in [3.63, 3.8) is 0 Å². The predicted octanol–water partition coefficient (Wildman–Crippen LogP) is 0.242. The summed E-state index contributed by atoms with van der Waals surface area (Å²) in [5.41, 5.74) is -0.501. The van der Waals surface area contributed by atoms with Gasteiger partial charge < -0.3 is 30.5 Å². The highest BCUT2D eigenvalue weighted by Gasteiger charge is 2.18. The minimum Gasteiger partial charge on any atom is -0.444 e. The SMILES string of the molecule is CC(C)(C)OC(=O)NCCCN(CCCCN1CCNCC1)C(CO)CO. The largest absolute Gasteiger partial charge is 0.444 e. The highest BCUT2D eigenvalue weighted by atomic mass is 16.6. The lowest BCUT2D eigenvalue weighted by atomic mass is 10.2. The van der Waals surface area contributed by atoms with Gasteiger partial charge in [0, 0.05) is 39.3 Å². The van der Waals surface area contributed by atoms with Gasteiger partial charge in [0.05, 0.1) is 19.3 Å². The smallest absolute Gasteiger partial charge is 0.407 e. The summed E-state index contributed by atoms with van der Waals surface area (Å²) in [5.74, 6) is 0. The van der Waals surface area contributed by atoms with Crippen molar-refractivity contribution in [3.8, 4) is 0 Å². The third-order valence-electron chi connectivity index (χ3n) is 4.61. The summed E-state index contributed by atoms with van der Waals surface area (Å²) in [5, 5.41) is 25.2. The molecule has 1 heterocycles. The zero-order valence-electron chi connectivity index (χ0n) is 17.4. The standard InChI is InChI=1S/C19H40N4O4/c1-19(2,3)27-18(26)21-7-6-12-23(17(15-24)16-25)11-5-4-10-22-13-8-20-9-14-22/h17,20,24-25H,4-16H2,1-3H3,(H,21,26). The van der Waals surface area contributed by atoms with Crippen LogP contribution in [0.2, 0.25) is 0 Å². The molecule has 1 amide bonds. The summed E-state index contributed by atoms with van der Waals surface area (Å²) in [6.07, 6.45) is 2.47. The molecule has 160 valence electrons. The molecular weight excluding hydrogens is 348 g/mol. The molecule has 0 aromatic rings. The molecule has 0 bridgehead atoms. The van der Waals surface area contributed by atoms with E-state index in [-0.39, 0.29) is 19.3 Å². The van der Waals surface area contributed by atoms with Crippen molar-refractivity contribution in [2.45, 2.75) is 51.7 Å². The fourth-order valence-electron chi connectivity index (χ4n) is 3.14. The summed E-state index contributed by atoms with van der Waals surface area (Å²) in [7, 11) is 0. The predicted molar refractivity (Wildman–Crippen MR) is 107 cm³/mol. The summed E-state index contributed by atoms with van der Waals surface area (Å²) < 4.78 is 5.22. The quantitative estimate of drug-likeness (QED) is 0.356. The maximum absolute atomic E-state index is 11.7. The summed E-state index contributed by atoms with van der Waals surface area (Å²) in [6.45, 7) is 12.9. The van der Waals surface area contributed by atoms with Crippen LogP contribution in [-0.2, 0) is 4.74 Å².